The van der Waals surface area contributed by atoms with E-state index in [9.17, 15) is 4.79 Å². The topological polar surface area (TPSA) is 43.1 Å². The average Bonchev–Trinajstić information content (AvgIpc) is 2.43. The summed E-state index contributed by atoms with van der Waals surface area (Å²) in [4.78, 5) is 10.5. The Morgan fingerprint density at radius 2 is 1.24 bits per heavy atom. The van der Waals surface area contributed by atoms with E-state index in [1.807, 2.05) is 0 Å². The molecule has 120 valence electrons. The van der Waals surface area contributed by atoms with Crippen LogP contribution in [0.2, 0.25) is 0 Å². The Bertz CT molecular complexity index is 247. The maximum absolute atomic E-state index is 10.5. The van der Waals surface area contributed by atoms with Crippen LogP contribution < -0.4 is 35.3 Å². The third-order valence-electron chi connectivity index (χ3n) is 3.68. The number of carbonyl (C=O) groups is 1. The van der Waals surface area contributed by atoms with Crippen LogP contribution in [-0.2, 0) is 4.79 Å². The zero-order valence-corrected chi connectivity index (χ0v) is 16.5. The number of carbonyl (C=O) groups excluding carboxylic acids is 1. The van der Waals surface area contributed by atoms with E-state index in [1.165, 1.54) is 70.6 Å². The number of unbranched alkanes of at least 4 members (excludes halogenated alkanes) is 11. The van der Waals surface area contributed by atoms with Gasteiger partial charge in [0.15, 0.2) is 0 Å². The molecule has 0 saturated carbocycles. The van der Waals surface area contributed by atoms with Crippen LogP contribution in [0.15, 0.2) is 12.2 Å². The van der Waals surface area contributed by atoms with Gasteiger partial charge >= 0.3 is 29.6 Å². The fraction of sp³-hybridized carbons (Fsp3) is 0.833. The van der Waals surface area contributed by atoms with Gasteiger partial charge in [-0.1, -0.05) is 70.4 Å². The summed E-state index contributed by atoms with van der Waals surface area (Å²) in [6, 6.07) is 0. The minimum Gasteiger partial charge on any atom is -1.00 e. The van der Waals surface area contributed by atoms with Gasteiger partial charge in [0.05, 0.1) is 0 Å². The van der Waals surface area contributed by atoms with Gasteiger partial charge in [0.2, 0.25) is 5.91 Å². The smallest absolute Gasteiger partial charge is 1.00 e. The number of hydrogen-bond acceptors (Lipinski definition) is 1. The van der Waals surface area contributed by atoms with Crippen LogP contribution in [0.25, 0.3) is 0 Å². The number of nitrogens with two attached hydrogens (primary N) is 1. The van der Waals surface area contributed by atoms with Gasteiger partial charge < -0.3 is 7.16 Å². The fourth-order valence-electron chi connectivity index (χ4n) is 2.37. The molecule has 0 aromatic rings. The molecule has 0 unspecified atom stereocenters. The predicted octanol–water partition coefficient (Wildman–Crippen LogP) is 2.63. The van der Waals surface area contributed by atoms with Gasteiger partial charge in [-0.2, -0.15) is 0 Å². The Morgan fingerprint density at radius 3 is 1.71 bits per heavy atom. The monoisotopic (exact) mass is 305 g/mol. The summed E-state index contributed by atoms with van der Waals surface area (Å²) in [6.07, 6.45) is 21.9. The molecular weight excluding hydrogens is 269 g/mol. The summed E-state index contributed by atoms with van der Waals surface area (Å²) >= 11 is 0. The standard InChI is InChI=1S/C18H35NO.Na.H/c1-2-3-4-5-6-7-8-9-10-11-12-13-14-15-16-17-18(19)20;;/h9-10H,2-8,11-17H2,1H3,(H2,19,20);;/q;+1;-1. The van der Waals surface area contributed by atoms with E-state index in [0.29, 0.717) is 6.42 Å². The van der Waals surface area contributed by atoms with Crippen LogP contribution in [0.5, 0.6) is 0 Å². The van der Waals surface area contributed by atoms with Crippen molar-refractivity contribution in [2.45, 2.75) is 96.8 Å². The normalized spacial score (nSPS) is 10.7. The Kier molecular flexibility index (Phi) is 22.6. The Labute approximate surface area is 156 Å². The second-order valence-electron chi connectivity index (χ2n) is 5.80. The van der Waals surface area contributed by atoms with Crippen molar-refractivity contribution in [3.05, 3.63) is 12.2 Å². The van der Waals surface area contributed by atoms with Crippen LogP contribution in [0.4, 0.5) is 0 Å². The molecule has 0 bridgehead atoms. The maximum atomic E-state index is 10.5. The number of allylic oxidation sites excluding steroid dienone is 2. The van der Waals surface area contributed by atoms with Crippen molar-refractivity contribution in [2.75, 3.05) is 0 Å². The first-order valence-corrected chi connectivity index (χ1v) is 8.70. The van der Waals surface area contributed by atoms with E-state index in [0.717, 1.165) is 12.8 Å². The van der Waals surface area contributed by atoms with E-state index >= 15 is 0 Å². The van der Waals surface area contributed by atoms with E-state index in [1.54, 1.807) is 0 Å². The second kappa shape index (κ2) is 20.2. The molecule has 0 heterocycles. The molecular formula is C18H36NNaO. The Balaban J connectivity index is -0.00000180. The van der Waals surface area contributed by atoms with Gasteiger partial charge in [-0.05, 0) is 32.1 Å². The summed E-state index contributed by atoms with van der Waals surface area (Å²) in [7, 11) is 0. The molecule has 0 aromatic carbocycles. The van der Waals surface area contributed by atoms with Crippen molar-refractivity contribution in [1.82, 2.24) is 0 Å². The summed E-state index contributed by atoms with van der Waals surface area (Å²) < 4.78 is 0. The van der Waals surface area contributed by atoms with Gasteiger partial charge in [0.25, 0.3) is 0 Å². The molecule has 0 fully saturated rings. The summed E-state index contributed by atoms with van der Waals surface area (Å²) in [6.45, 7) is 2.26. The van der Waals surface area contributed by atoms with Crippen LogP contribution >= 0.6 is 0 Å². The molecule has 0 rings (SSSR count). The predicted molar refractivity (Wildman–Crippen MR) is 89.8 cm³/mol. The molecule has 3 heteroatoms. The Hall–Kier alpha value is 0.210. The summed E-state index contributed by atoms with van der Waals surface area (Å²) in [5.74, 6) is -0.164. The van der Waals surface area contributed by atoms with Gasteiger partial charge in [-0.25, -0.2) is 0 Å². The van der Waals surface area contributed by atoms with Crippen molar-refractivity contribution < 1.29 is 35.8 Å². The first-order valence-electron chi connectivity index (χ1n) is 8.70. The average molecular weight is 305 g/mol. The molecule has 0 aromatic heterocycles. The van der Waals surface area contributed by atoms with Gasteiger partial charge in [0.1, 0.15) is 0 Å². The molecule has 21 heavy (non-hydrogen) atoms. The molecule has 0 radical (unpaired) electrons. The van der Waals surface area contributed by atoms with E-state index in [4.69, 9.17) is 5.73 Å². The molecule has 2 nitrogen and oxygen atoms in total. The van der Waals surface area contributed by atoms with E-state index < -0.39 is 0 Å². The van der Waals surface area contributed by atoms with Crippen LogP contribution in [0, 0.1) is 0 Å². The van der Waals surface area contributed by atoms with Crippen molar-refractivity contribution in [3.8, 4) is 0 Å². The first-order chi connectivity index (χ1) is 9.77. The van der Waals surface area contributed by atoms with Crippen LogP contribution in [0.3, 0.4) is 0 Å². The molecule has 1 amide bonds. The molecule has 0 aliphatic heterocycles. The quantitative estimate of drug-likeness (QED) is 0.282. The van der Waals surface area contributed by atoms with Gasteiger partial charge in [-0.15, -0.1) is 0 Å². The first kappa shape index (κ1) is 23.5. The summed E-state index contributed by atoms with van der Waals surface area (Å²) in [5.41, 5.74) is 5.10. The number of primary amides is 1. The van der Waals surface area contributed by atoms with Gasteiger partial charge in [-0.3, -0.25) is 4.79 Å². The SMILES string of the molecule is CCCCCCCCC=CCCCCCCCC(N)=O.[H-].[Na+]. The summed E-state index contributed by atoms with van der Waals surface area (Å²) in [5, 5.41) is 0. The maximum Gasteiger partial charge on any atom is 1.00 e. The van der Waals surface area contributed by atoms with Crippen molar-refractivity contribution in [2.24, 2.45) is 5.73 Å². The molecule has 0 spiro atoms. The minimum atomic E-state index is -0.164. The zero-order valence-electron chi connectivity index (χ0n) is 15.5. The molecule has 0 saturated heterocycles. The Morgan fingerprint density at radius 1 is 0.810 bits per heavy atom. The largest absolute Gasteiger partial charge is 1.00 e. The number of amides is 1. The van der Waals surface area contributed by atoms with E-state index in [2.05, 4.69) is 19.1 Å². The molecule has 0 aliphatic rings. The minimum absolute atomic E-state index is 0. The van der Waals surface area contributed by atoms with Crippen LogP contribution in [0.1, 0.15) is 98.2 Å². The zero-order chi connectivity index (χ0) is 14.9. The van der Waals surface area contributed by atoms with Crippen molar-refractivity contribution in [1.29, 1.82) is 0 Å². The molecule has 0 aliphatic carbocycles. The van der Waals surface area contributed by atoms with Crippen LogP contribution in [-0.4, -0.2) is 5.91 Å². The third-order valence-corrected chi connectivity index (χ3v) is 3.68. The molecule has 2 N–H and O–H groups in total. The van der Waals surface area contributed by atoms with E-state index in [-0.39, 0.29) is 36.9 Å². The number of hydrogen-bond donors (Lipinski definition) is 1. The van der Waals surface area contributed by atoms with Crippen molar-refractivity contribution in [3.63, 3.8) is 0 Å². The van der Waals surface area contributed by atoms with Crippen molar-refractivity contribution >= 4 is 5.91 Å². The molecule has 0 atom stereocenters. The number of rotatable bonds is 15. The second-order valence-corrected chi connectivity index (χ2v) is 5.80. The fourth-order valence-corrected chi connectivity index (χ4v) is 2.37. The van der Waals surface area contributed by atoms with Gasteiger partial charge in [0, 0.05) is 6.42 Å². The third kappa shape index (κ3) is 22.6.